The summed E-state index contributed by atoms with van der Waals surface area (Å²) in [7, 11) is 0. The first-order valence-electron chi connectivity index (χ1n) is 4.58. The van der Waals surface area contributed by atoms with E-state index in [4.69, 9.17) is 10.5 Å². The largest absolute Gasteiger partial charge is 0.379 e. The molecule has 1 aromatic rings. The number of hydrogen-bond donors (Lipinski definition) is 1. The molecule has 0 unspecified atom stereocenters. The molecule has 0 bridgehead atoms. The van der Waals surface area contributed by atoms with Crippen LogP contribution in [0, 0.1) is 5.92 Å². The van der Waals surface area contributed by atoms with Crippen LogP contribution in [0.15, 0.2) is 24.5 Å². The lowest BCUT2D eigenvalue weighted by Crippen LogP contribution is -2.29. The van der Waals surface area contributed by atoms with Crippen LogP contribution in [0.5, 0.6) is 0 Å². The second-order valence-corrected chi connectivity index (χ2v) is 3.52. The summed E-state index contributed by atoms with van der Waals surface area (Å²) in [6.07, 6.45) is 4.64. The van der Waals surface area contributed by atoms with Crippen molar-refractivity contribution in [1.82, 2.24) is 4.98 Å². The van der Waals surface area contributed by atoms with E-state index in [1.54, 1.807) is 0 Å². The number of aromatic nitrogens is 1. The second-order valence-electron chi connectivity index (χ2n) is 3.52. The van der Waals surface area contributed by atoms with Crippen LogP contribution in [0.25, 0.3) is 0 Å². The summed E-state index contributed by atoms with van der Waals surface area (Å²) in [4.78, 5) is 3.98. The van der Waals surface area contributed by atoms with Crippen molar-refractivity contribution >= 4 is 0 Å². The summed E-state index contributed by atoms with van der Waals surface area (Å²) in [6, 6.07) is 4.27. The van der Waals surface area contributed by atoms with Crippen LogP contribution in [-0.4, -0.2) is 24.2 Å². The van der Waals surface area contributed by atoms with Crippen molar-refractivity contribution in [1.29, 1.82) is 0 Å². The topological polar surface area (TPSA) is 48.1 Å². The lowest BCUT2D eigenvalue weighted by Gasteiger charge is -2.12. The zero-order valence-electron chi connectivity index (χ0n) is 7.52. The van der Waals surface area contributed by atoms with Crippen molar-refractivity contribution in [2.75, 3.05) is 13.2 Å². The molecule has 2 heterocycles. The highest BCUT2D eigenvalue weighted by Gasteiger charge is 2.24. The summed E-state index contributed by atoms with van der Waals surface area (Å²) in [6.45, 7) is 1.50. The van der Waals surface area contributed by atoms with Crippen LogP contribution in [0.4, 0.5) is 0 Å². The van der Waals surface area contributed by atoms with Gasteiger partial charge in [-0.15, -0.1) is 0 Å². The Labute approximate surface area is 77.9 Å². The molecule has 2 rings (SSSR count). The zero-order chi connectivity index (χ0) is 9.10. The number of ether oxygens (including phenoxy) is 1. The van der Waals surface area contributed by atoms with Gasteiger partial charge in [0.15, 0.2) is 0 Å². The molecule has 0 aromatic carbocycles. The molecule has 2 N–H and O–H groups in total. The Kier molecular flexibility index (Phi) is 2.57. The molecule has 1 fully saturated rings. The smallest absolute Gasteiger partial charge is 0.0621 e. The third-order valence-corrected chi connectivity index (χ3v) is 2.49. The second kappa shape index (κ2) is 3.85. The Bertz CT molecular complexity index is 263. The first kappa shape index (κ1) is 8.66. The van der Waals surface area contributed by atoms with Gasteiger partial charge in [-0.2, -0.15) is 0 Å². The summed E-state index contributed by atoms with van der Waals surface area (Å²) in [5.41, 5.74) is 7.18. The minimum absolute atomic E-state index is 0.202. The first-order chi connectivity index (χ1) is 6.36. The highest BCUT2D eigenvalue weighted by molar-refractivity contribution is 5.11. The number of rotatable bonds is 2. The van der Waals surface area contributed by atoms with Gasteiger partial charge in [0.25, 0.3) is 0 Å². The summed E-state index contributed by atoms with van der Waals surface area (Å²) in [5, 5.41) is 0. The maximum atomic E-state index is 5.89. The van der Waals surface area contributed by atoms with Gasteiger partial charge >= 0.3 is 0 Å². The maximum Gasteiger partial charge on any atom is 0.0621 e. The average molecular weight is 178 g/mol. The van der Waals surface area contributed by atoms with Gasteiger partial charge in [-0.25, -0.2) is 0 Å². The molecule has 0 saturated carbocycles. The molecule has 1 saturated heterocycles. The minimum Gasteiger partial charge on any atom is -0.379 e. The summed E-state index contributed by atoms with van der Waals surface area (Å²) < 4.78 is 5.30. The SMILES string of the molecule is N[C@@H]1COC[C@H]1Cc1ccncc1. The molecule has 0 amide bonds. The molecule has 13 heavy (non-hydrogen) atoms. The van der Waals surface area contributed by atoms with Crippen LogP contribution in [0.2, 0.25) is 0 Å². The van der Waals surface area contributed by atoms with E-state index in [-0.39, 0.29) is 6.04 Å². The van der Waals surface area contributed by atoms with Gasteiger partial charge in [-0.05, 0) is 24.1 Å². The lowest BCUT2D eigenvalue weighted by molar-refractivity contribution is 0.184. The monoisotopic (exact) mass is 178 g/mol. The molecule has 0 spiro atoms. The van der Waals surface area contributed by atoms with Gasteiger partial charge < -0.3 is 10.5 Å². The third kappa shape index (κ3) is 2.05. The van der Waals surface area contributed by atoms with Gasteiger partial charge in [0, 0.05) is 24.4 Å². The van der Waals surface area contributed by atoms with Crippen molar-refractivity contribution in [3.05, 3.63) is 30.1 Å². The van der Waals surface area contributed by atoms with Gasteiger partial charge in [0.05, 0.1) is 13.2 Å². The molecule has 2 atom stereocenters. The fraction of sp³-hybridized carbons (Fsp3) is 0.500. The molecule has 1 aromatic heterocycles. The van der Waals surface area contributed by atoms with E-state index < -0.39 is 0 Å². The van der Waals surface area contributed by atoms with Crippen LogP contribution < -0.4 is 5.73 Å². The van der Waals surface area contributed by atoms with Crippen LogP contribution >= 0.6 is 0 Å². The van der Waals surface area contributed by atoms with E-state index in [2.05, 4.69) is 4.98 Å². The fourth-order valence-electron chi connectivity index (χ4n) is 1.65. The van der Waals surface area contributed by atoms with Crippen molar-refractivity contribution in [2.24, 2.45) is 11.7 Å². The number of pyridine rings is 1. The van der Waals surface area contributed by atoms with E-state index in [1.165, 1.54) is 5.56 Å². The number of hydrogen-bond acceptors (Lipinski definition) is 3. The first-order valence-corrected chi connectivity index (χ1v) is 4.58. The van der Waals surface area contributed by atoms with Crippen LogP contribution in [0.1, 0.15) is 5.56 Å². The maximum absolute atomic E-state index is 5.89. The molecule has 0 aliphatic carbocycles. The van der Waals surface area contributed by atoms with E-state index >= 15 is 0 Å². The average Bonchev–Trinajstić information content (AvgIpc) is 2.54. The van der Waals surface area contributed by atoms with Crippen molar-refractivity contribution in [3.8, 4) is 0 Å². The Morgan fingerprint density at radius 1 is 1.38 bits per heavy atom. The number of nitrogens with two attached hydrogens (primary N) is 1. The standard InChI is InChI=1S/C10H14N2O/c11-10-7-13-6-9(10)5-8-1-3-12-4-2-8/h1-4,9-10H,5-7,11H2/t9-,10-/m1/s1. The van der Waals surface area contributed by atoms with Gasteiger partial charge in [0.1, 0.15) is 0 Å². The number of nitrogens with zero attached hydrogens (tertiary/aromatic N) is 1. The zero-order valence-corrected chi connectivity index (χ0v) is 7.52. The van der Waals surface area contributed by atoms with Gasteiger partial charge in [0.2, 0.25) is 0 Å². The molecule has 3 heteroatoms. The Hall–Kier alpha value is -0.930. The lowest BCUT2D eigenvalue weighted by atomic mass is 9.96. The normalized spacial score (nSPS) is 27.8. The van der Waals surface area contributed by atoms with Crippen molar-refractivity contribution in [2.45, 2.75) is 12.5 Å². The molecule has 3 nitrogen and oxygen atoms in total. The molecule has 0 radical (unpaired) electrons. The predicted molar refractivity (Wildman–Crippen MR) is 50.2 cm³/mol. The van der Waals surface area contributed by atoms with E-state index in [1.807, 2.05) is 24.5 Å². The Balaban J connectivity index is 1.98. The van der Waals surface area contributed by atoms with Gasteiger partial charge in [-0.3, -0.25) is 4.98 Å². The van der Waals surface area contributed by atoms with E-state index in [0.717, 1.165) is 13.0 Å². The Morgan fingerprint density at radius 3 is 2.77 bits per heavy atom. The summed E-state index contributed by atoms with van der Waals surface area (Å²) in [5.74, 6) is 0.474. The quantitative estimate of drug-likeness (QED) is 0.721. The third-order valence-electron chi connectivity index (χ3n) is 2.49. The molecule has 1 aliphatic heterocycles. The minimum atomic E-state index is 0.202. The molecular formula is C10H14N2O. The predicted octanol–water partition coefficient (Wildman–Crippen LogP) is 0.598. The fourth-order valence-corrected chi connectivity index (χ4v) is 1.65. The van der Waals surface area contributed by atoms with Crippen molar-refractivity contribution in [3.63, 3.8) is 0 Å². The van der Waals surface area contributed by atoms with Gasteiger partial charge in [-0.1, -0.05) is 0 Å². The van der Waals surface area contributed by atoms with Crippen LogP contribution in [-0.2, 0) is 11.2 Å². The molecular weight excluding hydrogens is 164 g/mol. The molecule has 70 valence electrons. The highest BCUT2D eigenvalue weighted by Crippen LogP contribution is 2.16. The van der Waals surface area contributed by atoms with E-state index in [9.17, 15) is 0 Å². The van der Waals surface area contributed by atoms with E-state index in [0.29, 0.717) is 12.5 Å². The highest BCUT2D eigenvalue weighted by atomic mass is 16.5. The summed E-state index contributed by atoms with van der Waals surface area (Å²) >= 11 is 0. The van der Waals surface area contributed by atoms with Crippen LogP contribution in [0.3, 0.4) is 0 Å². The van der Waals surface area contributed by atoms with Crippen molar-refractivity contribution < 1.29 is 4.74 Å². The molecule has 1 aliphatic rings. The Morgan fingerprint density at radius 2 is 2.15 bits per heavy atom.